The summed E-state index contributed by atoms with van der Waals surface area (Å²) in [5.41, 5.74) is 0.998. The number of methoxy groups -OCH3 is 2. The molecule has 1 N–H and O–H groups in total. The third kappa shape index (κ3) is 9.01. The van der Waals surface area contributed by atoms with Crippen molar-refractivity contribution in [3.05, 3.63) is 59.1 Å². The molecule has 1 aromatic heterocycles. The monoisotopic (exact) mass is 580 g/mol. The molecule has 38 heavy (non-hydrogen) atoms. The molecule has 0 saturated carbocycles. The van der Waals surface area contributed by atoms with Crippen molar-refractivity contribution in [2.75, 3.05) is 38.2 Å². The van der Waals surface area contributed by atoms with Crippen LogP contribution in [-0.4, -0.2) is 64.2 Å². The summed E-state index contributed by atoms with van der Waals surface area (Å²) in [5.74, 6) is 1.08. The van der Waals surface area contributed by atoms with Gasteiger partial charge in [0.05, 0.1) is 30.1 Å². The number of benzene rings is 2. The van der Waals surface area contributed by atoms with Crippen LogP contribution in [0.5, 0.6) is 17.2 Å². The first-order valence-corrected chi connectivity index (χ1v) is 15.2. The van der Waals surface area contributed by atoms with Gasteiger partial charge in [-0.15, -0.1) is 23.1 Å². The molecule has 0 bridgehead atoms. The van der Waals surface area contributed by atoms with Crippen molar-refractivity contribution in [3.8, 4) is 17.2 Å². The van der Waals surface area contributed by atoms with E-state index in [1.165, 1.54) is 54.5 Å². The summed E-state index contributed by atoms with van der Waals surface area (Å²) in [6.45, 7) is 2.17. The summed E-state index contributed by atoms with van der Waals surface area (Å²) >= 11 is 2.63. The summed E-state index contributed by atoms with van der Waals surface area (Å²) in [7, 11) is -0.442. The number of rotatable bonds is 13. The Kier molecular flexibility index (Phi) is 10.5. The van der Waals surface area contributed by atoms with Gasteiger partial charge in [-0.25, -0.2) is 13.4 Å². The lowest BCUT2D eigenvalue weighted by Gasteiger charge is -2.16. The molecule has 3 rings (SSSR count). The van der Waals surface area contributed by atoms with Gasteiger partial charge in [0.15, 0.2) is 15.0 Å². The lowest BCUT2D eigenvalue weighted by atomic mass is 10.2. The SMILES string of the molecule is COC[C@H](C)Oc1cc(Oc2ccc(S(C)(=O)=O)cc2)cc(C(=O)Nc2nc(CSCC(=O)OC)cs2)c1. The Bertz CT molecular complexity index is 1360. The second-order valence-electron chi connectivity index (χ2n) is 8.09. The number of thioether (sulfide) groups is 1. The Balaban J connectivity index is 1.77. The maximum Gasteiger partial charge on any atom is 0.315 e. The van der Waals surface area contributed by atoms with Gasteiger partial charge in [0.25, 0.3) is 5.91 Å². The van der Waals surface area contributed by atoms with Gasteiger partial charge in [-0.05, 0) is 43.3 Å². The molecular formula is C25H28N2O8S3. The smallest absolute Gasteiger partial charge is 0.315 e. The third-order valence-corrected chi connectivity index (χ3v) is 7.71. The zero-order valence-corrected chi connectivity index (χ0v) is 23.7. The number of thiazole rings is 1. The molecule has 0 unspecified atom stereocenters. The standard InChI is InChI=1S/C25H28N2O8S3/c1-16(12-32-2)34-20-9-17(10-21(11-20)35-19-5-7-22(8-6-19)38(4,30)31)24(29)27-25-26-18(14-37-25)13-36-15-23(28)33-3/h5-11,14,16H,12-13,15H2,1-4H3,(H,26,27,29)/t16-/m0/s1. The maximum atomic E-state index is 13.1. The molecule has 0 spiro atoms. The highest BCUT2D eigenvalue weighted by molar-refractivity contribution is 7.99. The molecule has 1 heterocycles. The fourth-order valence-corrected chi connectivity index (χ4v) is 5.30. The van der Waals surface area contributed by atoms with Crippen molar-refractivity contribution >= 4 is 49.9 Å². The predicted octanol–water partition coefficient (Wildman–Crippen LogP) is 4.41. The van der Waals surface area contributed by atoms with Crippen LogP contribution in [0.3, 0.4) is 0 Å². The molecule has 3 aromatic rings. The lowest BCUT2D eigenvalue weighted by Crippen LogP contribution is -2.18. The second-order valence-corrected chi connectivity index (χ2v) is 11.9. The Labute approximate surface area is 229 Å². The zero-order chi connectivity index (χ0) is 27.7. The Morgan fingerprint density at radius 3 is 2.45 bits per heavy atom. The molecule has 0 fully saturated rings. The van der Waals surface area contributed by atoms with Crippen molar-refractivity contribution in [1.82, 2.24) is 4.98 Å². The van der Waals surface area contributed by atoms with Gasteiger partial charge < -0.3 is 18.9 Å². The Morgan fingerprint density at radius 2 is 1.79 bits per heavy atom. The number of carbonyl (C=O) groups is 2. The number of ether oxygens (including phenoxy) is 4. The van der Waals surface area contributed by atoms with Crippen LogP contribution in [0.2, 0.25) is 0 Å². The minimum absolute atomic E-state index is 0.168. The Hall–Kier alpha value is -3.13. The summed E-state index contributed by atoms with van der Waals surface area (Å²) in [5, 5.41) is 4.99. The summed E-state index contributed by atoms with van der Waals surface area (Å²) in [6, 6.07) is 10.7. The number of nitrogens with zero attached hydrogens (tertiary/aromatic N) is 1. The number of esters is 1. The van der Waals surface area contributed by atoms with Crippen LogP contribution in [0, 0.1) is 0 Å². The fourth-order valence-electron chi connectivity index (χ4n) is 3.12. The number of carbonyl (C=O) groups excluding carboxylic acids is 2. The quantitative estimate of drug-likeness (QED) is 0.290. The van der Waals surface area contributed by atoms with E-state index >= 15 is 0 Å². The molecule has 13 heteroatoms. The first-order valence-electron chi connectivity index (χ1n) is 11.3. The van der Waals surface area contributed by atoms with E-state index in [0.29, 0.717) is 34.7 Å². The van der Waals surface area contributed by atoms with Crippen molar-refractivity contribution in [2.24, 2.45) is 0 Å². The molecule has 0 aliphatic carbocycles. The predicted molar refractivity (Wildman–Crippen MR) is 146 cm³/mol. The van der Waals surface area contributed by atoms with E-state index in [2.05, 4.69) is 15.0 Å². The lowest BCUT2D eigenvalue weighted by molar-refractivity contribution is -0.137. The van der Waals surface area contributed by atoms with Crippen LogP contribution in [-0.2, 0) is 29.9 Å². The van der Waals surface area contributed by atoms with E-state index in [4.69, 9.17) is 14.2 Å². The topological polar surface area (TPSA) is 130 Å². The molecule has 204 valence electrons. The minimum Gasteiger partial charge on any atom is -0.488 e. The second kappa shape index (κ2) is 13.6. The van der Waals surface area contributed by atoms with Crippen molar-refractivity contribution in [3.63, 3.8) is 0 Å². The van der Waals surface area contributed by atoms with Crippen molar-refractivity contribution in [2.45, 2.75) is 23.7 Å². The number of amides is 1. The molecule has 0 saturated heterocycles. The number of hydrogen-bond acceptors (Lipinski definition) is 11. The van der Waals surface area contributed by atoms with Crippen LogP contribution in [0.15, 0.2) is 52.7 Å². The highest BCUT2D eigenvalue weighted by Crippen LogP contribution is 2.30. The van der Waals surface area contributed by atoms with Crippen LogP contribution < -0.4 is 14.8 Å². The molecule has 10 nitrogen and oxygen atoms in total. The van der Waals surface area contributed by atoms with Crippen molar-refractivity contribution < 1.29 is 37.0 Å². The zero-order valence-electron chi connectivity index (χ0n) is 21.3. The van der Waals surface area contributed by atoms with Gasteiger partial charge in [-0.1, -0.05) is 0 Å². The fraction of sp³-hybridized carbons (Fsp3) is 0.320. The van der Waals surface area contributed by atoms with E-state index in [0.717, 1.165) is 11.9 Å². The molecule has 1 amide bonds. The number of aromatic nitrogens is 1. The first-order chi connectivity index (χ1) is 18.1. The van der Waals surface area contributed by atoms with Gasteiger partial charge in [0.2, 0.25) is 0 Å². The van der Waals surface area contributed by atoms with Crippen LogP contribution >= 0.6 is 23.1 Å². The minimum atomic E-state index is -3.34. The molecule has 0 radical (unpaired) electrons. The van der Waals surface area contributed by atoms with Gasteiger partial charge >= 0.3 is 5.97 Å². The normalized spacial score (nSPS) is 12.0. The van der Waals surface area contributed by atoms with E-state index in [-0.39, 0.29) is 28.3 Å². The average molecular weight is 581 g/mol. The van der Waals surface area contributed by atoms with Crippen LogP contribution in [0.1, 0.15) is 23.0 Å². The number of nitrogens with one attached hydrogen (secondary N) is 1. The highest BCUT2D eigenvalue weighted by atomic mass is 32.2. The number of hydrogen-bond donors (Lipinski definition) is 1. The summed E-state index contributed by atoms with van der Waals surface area (Å²) in [6.07, 6.45) is 0.840. The number of anilines is 1. The third-order valence-electron chi connectivity index (χ3n) is 4.84. The van der Waals surface area contributed by atoms with E-state index in [1.54, 1.807) is 30.7 Å². The average Bonchev–Trinajstić information content (AvgIpc) is 3.30. The summed E-state index contributed by atoms with van der Waals surface area (Å²) in [4.78, 5) is 28.9. The largest absolute Gasteiger partial charge is 0.488 e. The number of sulfone groups is 1. The van der Waals surface area contributed by atoms with Gasteiger partial charge in [-0.3, -0.25) is 14.9 Å². The maximum absolute atomic E-state index is 13.1. The van der Waals surface area contributed by atoms with E-state index < -0.39 is 15.7 Å². The molecule has 0 aliphatic heterocycles. The molecule has 1 atom stereocenters. The van der Waals surface area contributed by atoms with Crippen LogP contribution in [0.4, 0.5) is 5.13 Å². The van der Waals surface area contributed by atoms with Gasteiger partial charge in [-0.2, -0.15) is 0 Å². The Morgan fingerprint density at radius 1 is 1.08 bits per heavy atom. The van der Waals surface area contributed by atoms with Gasteiger partial charge in [0.1, 0.15) is 23.4 Å². The van der Waals surface area contributed by atoms with Crippen molar-refractivity contribution in [1.29, 1.82) is 0 Å². The molecular weight excluding hydrogens is 552 g/mol. The van der Waals surface area contributed by atoms with E-state index in [9.17, 15) is 18.0 Å². The molecule has 0 aliphatic rings. The van der Waals surface area contributed by atoms with Crippen LogP contribution in [0.25, 0.3) is 0 Å². The summed E-state index contributed by atoms with van der Waals surface area (Å²) < 4.78 is 45.0. The highest BCUT2D eigenvalue weighted by Gasteiger charge is 2.15. The van der Waals surface area contributed by atoms with E-state index in [1.807, 2.05) is 6.92 Å². The van der Waals surface area contributed by atoms with Gasteiger partial charge in [0, 0.05) is 36.1 Å². The molecule has 2 aromatic carbocycles. The first kappa shape index (κ1) is 29.4.